The summed E-state index contributed by atoms with van der Waals surface area (Å²) < 4.78 is 36.8. The number of carbonyl (C=O) groups excluding carboxylic acids is 1. The fraction of sp³-hybridized carbons (Fsp3) is 0.409. The molecule has 30 heavy (non-hydrogen) atoms. The van der Waals surface area contributed by atoms with Crippen LogP contribution in [-0.2, 0) is 14.6 Å². The molecule has 0 spiro atoms. The first-order chi connectivity index (χ1) is 14.4. The van der Waals surface area contributed by atoms with E-state index >= 15 is 0 Å². The molecule has 6 nitrogen and oxygen atoms in total. The largest absolute Gasteiger partial charge is 0.324 e. The molecule has 1 N–H and O–H groups in total. The second kappa shape index (κ2) is 8.83. The molecule has 0 bridgehead atoms. The minimum atomic E-state index is -2.91. The fourth-order valence-corrected chi connectivity index (χ4v) is 6.09. The molecule has 2 aromatic rings. The second-order valence-electron chi connectivity index (χ2n) is 7.94. The lowest BCUT2D eigenvalue weighted by Crippen LogP contribution is -2.53. The van der Waals surface area contributed by atoms with Crippen molar-refractivity contribution in [1.82, 2.24) is 9.80 Å². The molecular weight excluding hydrogens is 405 g/mol. The van der Waals surface area contributed by atoms with E-state index in [4.69, 9.17) is 0 Å². The molecule has 1 amide bonds. The van der Waals surface area contributed by atoms with E-state index in [1.54, 1.807) is 12.1 Å². The van der Waals surface area contributed by atoms with Gasteiger partial charge in [-0.3, -0.25) is 14.6 Å². The van der Waals surface area contributed by atoms with Crippen LogP contribution in [0.15, 0.2) is 54.6 Å². The van der Waals surface area contributed by atoms with E-state index in [1.165, 1.54) is 12.1 Å². The first-order valence-electron chi connectivity index (χ1n) is 10.2. The molecule has 2 aliphatic rings. The molecular formula is C22H26FN3O3S. The van der Waals surface area contributed by atoms with Crippen LogP contribution in [0.2, 0.25) is 0 Å². The lowest BCUT2D eigenvalue weighted by Gasteiger charge is -2.40. The van der Waals surface area contributed by atoms with Crippen LogP contribution in [0.5, 0.6) is 0 Å². The van der Waals surface area contributed by atoms with Gasteiger partial charge in [-0.1, -0.05) is 30.3 Å². The highest BCUT2D eigenvalue weighted by atomic mass is 32.2. The number of anilines is 1. The Labute approximate surface area is 176 Å². The van der Waals surface area contributed by atoms with Crippen LogP contribution in [0.4, 0.5) is 10.1 Å². The van der Waals surface area contributed by atoms with Gasteiger partial charge in [-0.05, 0) is 36.2 Å². The van der Waals surface area contributed by atoms with Crippen molar-refractivity contribution >= 4 is 21.4 Å². The Morgan fingerprint density at radius 3 is 2.27 bits per heavy atom. The van der Waals surface area contributed by atoms with E-state index in [0.29, 0.717) is 25.2 Å². The number of sulfone groups is 1. The zero-order valence-electron chi connectivity index (χ0n) is 16.7. The van der Waals surface area contributed by atoms with Crippen LogP contribution in [0.25, 0.3) is 0 Å². The number of hydrogen-bond donors (Lipinski definition) is 1. The van der Waals surface area contributed by atoms with E-state index in [0.717, 1.165) is 18.7 Å². The van der Waals surface area contributed by atoms with Gasteiger partial charge in [0.15, 0.2) is 9.84 Å². The normalized spacial score (nSPS) is 23.2. The van der Waals surface area contributed by atoms with Crippen LogP contribution in [0.3, 0.4) is 0 Å². The maximum absolute atomic E-state index is 13.2. The lowest BCUT2D eigenvalue weighted by molar-refractivity contribution is -0.122. The van der Waals surface area contributed by atoms with Gasteiger partial charge in [0.05, 0.1) is 11.5 Å². The maximum Gasteiger partial charge on any atom is 0.246 e. The number of carbonyl (C=O) groups is 1. The third kappa shape index (κ3) is 4.88. The van der Waals surface area contributed by atoms with E-state index in [9.17, 15) is 17.6 Å². The summed E-state index contributed by atoms with van der Waals surface area (Å²) in [6.07, 6.45) is 0.690. The molecule has 2 aliphatic heterocycles. The van der Waals surface area contributed by atoms with Crippen molar-refractivity contribution in [3.63, 3.8) is 0 Å². The predicted octanol–water partition coefficient (Wildman–Crippen LogP) is 2.31. The van der Waals surface area contributed by atoms with Crippen molar-refractivity contribution < 1.29 is 17.6 Å². The van der Waals surface area contributed by atoms with Gasteiger partial charge in [0, 0.05) is 37.9 Å². The lowest BCUT2D eigenvalue weighted by atomic mass is 10.0. The number of hydrogen-bond acceptors (Lipinski definition) is 5. The van der Waals surface area contributed by atoms with Gasteiger partial charge in [0.1, 0.15) is 11.9 Å². The topological polar surface area (TPSA) is 69.7 Å². The molecule has 160 valence electrons. The monoisotopic (exact) mass is 431 g/mol. The van der Waals surface area contributed by atoms with Crippen molar-refractivity contribution in [2.45, 2.75) is 18.5 Å². The number of halogens is 1. The number of rotatable bonds is 5. The highest BCUT2D eigenvalue weighted by Crippen LogP contribution is 2.26. The highest BCUT2D eigenvalue weighted by molar-refractivity contribution is 7.91. The third-order valence-electron chi connectivity index (χ3n) is 5.91. The van der Waals surface area contributed by atoms with Crippen molar-refractivity contribution in [3.8, 4) is 0 Å². The molecule has 4 rings (SSSR count). The Morgan fingerprint density at radius 1 is 1.00 bits per heavy atom. The third-order valence-corrected chi connectivity index (χ3v) is 7.66. The molecule has 0 aromatic heterocycles. The van der Waals surface area contributed by atoms with Crippen molar-refractivity contribution in [3.05, 3.63) is 66.0 Å². The number of piperazine rings is 1. The van der Waals surface area contributed by atoms with Crippen LogP contribution < -0.4 is 5.32 Å². The average molecular weight is 432 g/mol. The number of nitrogens with zero attached hydrogens (tertiary/aromatic N) is 2. The van der Waals surface area contributed by atoms with E-state index < -0.39 is 15.9 Å². The van der Waals surface area contributed by atoms with Gasteiger partial charge in [-0.15, -0.1) is 0 Å². The number of amides is 1. The quantitative estimate of drug-likeness (QED) is 0.787. The van der Waals surface area contributed by atoms with Crippen molar-refractivity contribution in [2.24, 2.45) is 0 Å². The summed E-state index contributed by atoms with van der Waals surface area (Å²) in [5.41, 5.74) is 1.45. The summed E-state index contributed by atoms with van der Waals surface area (Å²) in [5.74, 6) is -0.00698. The van der Waals surface area contributed by atoms with Gasteiger partial charge < -0.3 is 5.32 Å². The first kappa shape index (κ1) is 21.0. The number of benzene rings is 2. The minimum Gasteiger partial charge on any atom is -0.324 e. The smallest absolute Gasteiger partial charge is 0.246 e. The Hall–Kier alpha value is -2.29. The predicted molar refractivity (Wildman–Crippen MR) is 114 cm³/mol. The Balaban J connectivity index is 1.47. The summed E-state index contributed by atoms with van der Waals surface area (Å²) in [5, 5.41) is 2.90. The number of nitrogens with one attached hydrogen (secondary N) is 1. The zero-order valence-corrected chi connectivity index (χ0v) is 17.5. The standard InChI is InChI=1S/C22H26FN3O3S/c23-18-6-8-19(9-7-18)24-22(27)21(17-4-2-1-3-5-17)26-13-11-25(12-14-26)20-10-15-30(28,29)16-20/h1-9,20-21H,10-16H2,(H,24,27)/t20-,21+/m1/s1. The summed E-state index contributed by atoms with van der Waals surface area (Å²) >= 11 is 0. The van der Waals surface area contributed by atoms with Crippen molar-refractivity contribution in [1.29, 1.82) is 0 Å². The van der Waals surface area contributed by atoms with Crippen molar-refractivity contribution in [2.75, 3.05) is 43.0 Å². The highest BCUT2D eigenvalue weighted by Gasteiger charge is 2.36. The molecule has 2 saturated heterocycles. The second-order valence-corrected chi connectivity index (χ2v) is 10.2. The van der Waals surface area contributed by atoms with Crippen LogP contribution >= 0.6 is 0 Å². The minimum absolute atomic E-state index is 0.0837. The Kier molecular flexibility index (Phi) is 6.17. The van der Waals surface area contributed by atoms with Crippen LogP contribution in [0.1, 0.15) is 18.0 Å². The summed E-state index contributed by atoms with van der Waals surface area (Å²) in [7, 11) is -2.91. The molecule has 2 aromatic carbocycles. The Morgan fingerprint density at radius 2 is 1.67 bits per heavy atom. The van der Waals surface area contributed by atoms with Gasteiger partial charge in [0.2, 0.25) is 5.91 Å². The van der Waals surface area contributed by atoms with E-state index in [-0.39, 0.29) is 29.3 Å². The van der Waals surface area contributed by atoms with Gasteiger partial charge in [-0.2, -0.15) is 0 Å². The van der Waals surface area contributed by atoms with Gasteiger partial charge >= 0.3 is 0 Å². The summed E-state index contributed by atoms with van der Waals surface area (Å²) in [4.78, 5) is 17.6. The molecule has 2 fully saturated rings. The molecule has 0 unspecified atom stereocenters. The molecule has 0 saturated carbocycles. The molecule has 0 aliphatic carbocycles. The molecule has 2 heterocycles. The zero-order chi connectivity index (χ0) is 21.1. The molecule has 2 atom stereocenters. The molecule has 8 heteroatoms. The van der Waals surface area contributed by atoms with Gasteiger partial charge in [0.25, 0.3) is 0 Å². The van der Waals surface area contributed by atoms with E-state index in [1.807, 2.05) is 30.3 Å². The first-order valence-corrected chi connectivity index (χ1v) is 12.0. The van der Waals surface area contributed by atoms with Crippen LogP contribution in [-0.4, -0.2) is 67.9 Å². The molecule has 0 radical (unpaired) electrons. The summed E-state index contributed by atoms with van der Waals surface area (Å²) in [6.45, 7) is 2.81. The SMILES string of the molecule is O=C(Nc1ccc(F)cc1)[C@H](c1ccccc1)N1CCN([C@@H]2CCS(=O)(=O)C2)CC1. The van der Waals surface area contributed by atoms with Gasteiger partial charge in [-0.25, -0.2) is 12.8 Å². The Bertz CT molecular complexity index is 974. The average Bonchev–Trinajstić information content (AvgIpc) is 3.11. The van der Waals surface area contributed by atoms with Crippen LogP contribution in [0, 0.1) is 5.82 Å². The summed E-state index contributed by atoms with van der Waals surface area (Å²) in [6, 6.07) is 15.0. The fourth-order valence-electron chi connectivity index (χ4n) is 4.33. The maximum atomic E-state index is 13.2. The van der Waals surface area contributed by atoms with E-state index in [2.05, 4.69) is 15.1 Å².